The van der Waals surface area contributed by atoms with Crippen molar-refractivity contribution in [3.8, 4) is 11.1 Å². The Labute approximate surface area is 215 Å². The van der Waals surface area contributed by atoms with E-state index in [0.717, 1.165) is 24.8 Å². The number of ketones is 1. The number of carboxylic acid groups (broad SMARTS) is 2. The quantitative estimate of drug-likeness (QED) is 0.403. The van der Waals surface area contributed by atoms with Crippen molar-refractivity contribution < 1.29 is 29.7 Å². The zero-order valence-corrected chi connectivity index (χ0v) is 20.4. The highest BCUT2D eigenvalue weighted by atomic mass is 16.4. The maximum atomic E-state index is 14.3. The highest BCUT2D eigenvalue weighted by molar-refractivity contribution is 6.18. The Hall–Kier alpha value is -3.97. The van der Waals surface area contributed by atoms with Gasteiger partial charge in [-0.15, -0.1) is 0 Å². The topological polar surface area (TPSA) is 115 Å². The fourth-order valence-electron chi connectivity index (χ4n) is 6.12. The number of hydrogen-bond acceptors (Lipinski definition) is 5. The Morgan fingerprint density at radius 3 is 2.19 bits per heavy atom. The first-order valence-corrected chi connectivity index (χ1v) is 12.5. The number of carboxylic acids is 2. The van der Waals surface area contributed by atoms with E-state index in [1.54, 1.807) is 29.2 Å². The van der Waals surface area contributed by atoms with E-state index in [0.29, 0.717) is 29.7 Å². The molecule has 0 aromatic heterocycles. The van der Waals surface area contributed by atoms with Gasteiger partial charge >= 0.3 is 11.9 Å². The van der Waals surface area contributed by atoms with Gasteiger partial charge in [-0.1, -0.05) is 79.9 Å². The molecule has 1 heterocycles. The lowest BCUT2D eigenvalue weighted by molar-refractivity contribution is -0.140. The van der Waals surface area contributed by atoms with Crippen LogP contribution in [0.15, 0.2) is 72.8 Å². The molecule has 5 rings (SSSR count). The zero-order chi connectivity index (χ0) is 26.2. The van der Waals surface area contributed by atoms with Crippen molar-refractivity contribution in [2.45, 2.75) is 44.2 Å². The zero-order valence-electron chi connectivity index (χ0n) is 20.4. The summed E-state index contributed by atoms with van der Waals surface area (Å²) < 4.78 is 0. The molecule has 3 aromatic carbocycles. The van der Waals surface area contributed by atoms with Crippen LogP contribution in [0.1, 0.15) is 64.8 Å². The molecule has 1 aliphatic heterocycles. The van der Waals surface area contributed by atoms with Gasteiger partial charge in [0.15, 0.2) is 0 Å². The Kier molecular flexibility index (Phi) is 6.33. The van der Waals surface area contributed by atoms with Crippen LogP contribution >= 0.6 is 0 Å². The van der Waals surface area contributed by atoms with Crippen LogP contribution in [0, 0.1) is 5.41 Å². The minimum Gasteiger partial charge on any atom is -0.481 e. The molecule has 1 aliphatic carbocycles. The number of benzene rings is 3. The molecule has 0 amide bonds. The van der Waals surface area contributed by atoms with E-state index >= 15 is 0 Å². The molecule has 190 valence electrons. The first-order chi connectivity index (χ1) is 17.8. The third-order valence-corrected chi connectivity index (χ3v) is 7.82. The Balaban J connectivity index is 1.74. The lowest BCUT2D eigenvalue weighted by atomic mass is 9.71. The summed E-state index contributed by atoms with van der Waals surface area (Å²) in [5.41, 5.74) is -0.958. The molecule has 3 aromatic rings. The molecule has 1 saturated carbocycles. The summed E-state index contributed by atoms with van der Waals surface area (Å²) in [7, 11) is 0. The Morgan fingerprint density at radius 2 is 1.51 bits per heavy atom. The first kappa shape index (κ1) is 24.7. The lowest BCUT2D eigenvalue weighted by Crippen LogP contribution is -2.53. The molecule has 1 fully saturated rings. The smallest absolute Gasteiger partial charge is 0.336 e. The fourth-order valence-corrected chi connectivity index (χ4v) is 6.12. The summed E-state index contributed by atoms with van der Waals surface area (Å²) in [5, 5.41) is 32.1. The summed E-state index contributed by atoms with van der Waals surface area (Å²) in [6, 6.07) is 20.7. The van der Waals surface area contributed by atoms with Crippen molar-refractivity contribution in [3.63, 3.8) is 0 Å². The van der Waals surface area contributed by atoms with Gasteiger partial charge in [-0.2, -0.15) is 0 Å². The summed E-state index contributed by atoms with van der Waals surface area (Å²) in [6.07, 6.45) is 3.91. The van der Waals surface area contributed by atoms with E-state index in [1.807, 2.05) is 36.4 Å². The van der Waals surface area contributed by atoms with Crippen LogP contribution in [0.3, 0.4) is 0 Å². The van der Waals surface area contributed by atoms with Crippen LogP contribution in [0.4, 0.5) is 5.69 Å². The maximum absolute atomic E-state index is 14.3. The first-order valence-electron chi connectivity index (χ1n) is 12.5. The highest BCUT2D eigenvalue weighted by Gasteiger charge is 2.56. The SMILES string of the molecule is O=C(O)CC1(CN2c3cccc(-c4ccccc4)c3C(=O)C2(O)c2ccccc2C(=O)O)CCCCC1. The van der Waals surface area contributed by atoms with Crippen molar-refractivity contribution in [2.24, 2.45) is 5.41 Å². The predicted molar refractivity (Wildman–Crippen MR) is 139 cm³/mol. The number of aliphatic hydroxyl groups is 1. The van der Waals surface area contributed by atoms with Gasteiger partial charge < -0.3 is 20.2 Å². The van der Waals surface area contributed by atoms with E-state index in [1.165, 1.54) is 12.1 Å². The van der Waals surface area contributed by atoms with Crippen molar-refractivity contribution in [1.29, 1.82) is 0 Å². The second-order valence-corrected chi connectivity index (χ2v) is 10.1. The van der Waals surface area contributed by atoms with Crippen LogP contribution in [-0.4, -0.2) is 39.6 Å². The van der Waals surface area contributed by atoms with Gasteiger partial charge in [0.2, 0.25) is 11.5 Å². The molecule has 1 atom stereocenters. The van der Waals surface area contributed by atoms with E-state index in [-0.39, 0.29) is 24.1 Å². The van der Waals surface area contributed by atoms with Crippen molar-refractivity contribution in [1.82, 2.24) is 0 Å². The number of rotatable bonds is 7. The largest absolute Gasteiger partial charge is 0.481 e. The number of aliphatic carboxylic acids is 1. The Bertz CT molecular complexity index is 1360. The minimum atomic E-state index is -2.30. The molecule has 3 N–H and O–H groups in total. The van der Waals surface area contributed by atoms with E-state index in [2.05, 4.69) is 0 Å². The normalized spacial score (nSPS) is 20.5. The average molecular weight is 500 g/mol. The fraction of sp³-hybridized carbons (Fsp3) is 0.300. The van der Waals surface area contributed by atoms with Gasteiger partial charge in [-0.05, 0) is 41.5 Å². The summed E-state index contributed by atoms with van der Waals surface area (Å²) in [4.78, 5) is 39.9. The molecule has 7 heteroatoms. The number of fused-ring (bicyclic) bond motifs is 1. The number of aromatic carboxylic acids is 1. The second-order valence-electron chi connectivity index (χ2n) is 10.1. The van der Waals surface area contributed by atoms with Crippen molar-refractivity contribution >= 4 is 23.4 Å². The molecule has 0 saturated heterocycles. The van der Waals surface area contributed by atoms with Crippen molar-refractivity contribution in [3.05, 3.63) is 89.5 Å². The number of anilines is 1. The summed E-state index contributed by atoms with van der Waals surface area (Å²) >= 11 is 0. The van der Waals surface area contributed by atoms with E-state index < -0.39 is 28.9 Å². The van der Waals surface area contributed by atoms with Gasteiger partial charge in [0, 0.05) is 12.1 Å². The number of carbonyl (C=O) groups is 3. The molecule has 1 unspecified atom stereocenters. The molecule has 7 nitrogen and oxygen atoms in total. The standard InChI is InChI=1S/C30H29NO6/c32-25(33)18-29(16-7-2-8-17-29)19-31-24-15-9-13-21(20-10-3-1-4-11-20)26(24)27(34)30(31,37)23-14-6-5-12-22(23)28(35)36/h1,3-6,9-15,37H,2,7-8,16-19H2,(H,32,33)(H,35,36). The predicted octanol–water partition coefficient (Wildman–Crippen LogP) is 5.33. The molecule has 2 aliphatic rings. The highest BCUT2D eigenvalue weighted by Crippen LogP contribution is 2.51. The number of carbonyl (C=O) groups excluding carboxylic acids is 1. The van der Waals surface area contributed by atoms with Gasteiger partial charge in [0.05, 0.1) is 23.2 Å². The summed E-state index contributed by atoms with van der Waals surface area (Å²) in [5.74, 6) is -2.80. The van der Waals surface area contributed by atoms with Crippen LogP contribution in [0.2, 0.25) is 0 Å². The van der Waals surface area contributed by atoms with E-state index in [4.69, 9.17) is 0 Å². The van der Waals surface area contributed by atoms with Crippen LogP contribution < -0.4 is 4.90 Å². The van der Waals surface area contributed by atoms with Gasteiger partial charge in [0.1, 0.15) is 0 Å². The third-order valence-electron chi connectivity index (χ3n) is 7.82. The monoisotopic (exact) mass is 499 g/mol. The minimum absolute atomic E-state index is 0.0241. The van der Waals surface area contributed by atoms with E-state index in [9.17, 15) is 29.7 Å². The molecule has 0 bridgehead atoms. The summed E-state index contributed by atoms with van der Waals surface area (Å²) in [6.45, 7) is 0.112. The van der Waals surface area contributed by atoms with Gasteiger partial charge in [0.25, 0.3) is 0 Å². The third kappa shape index (κ3) is 4.19. The van der Waals surface area contributed by atoms with Crippen LogP contribution in [-0.2, 0) is 10.5 Å². The van der Waals surface area contributed by atoms with Gasteiger partial charge in [-0.25, -0.2) is 4.79 Å². The molecule has 0 spiro atoms. The lowest BCUT2D eigenvalue weighted by Gasteiger charge is -2.44. The molecular formula is C30H29NO6. The molecular weight excluding hydrogens is 470 g/mol. The van der Waals surface area contributed by atoms with Gasteiger partial charge in [-0.3, -0.25) is 9.59 Å². The number of Topliss-reactive ketones (excluding diaryl/α,β-unsaturated/α-hetero) is 1. The van der Waals surface area contributed by atoms with Crippen LogP contribution in [0.5, 0.6) is 0 Å². The Morgan fingerprint density at radius 1 is 0.838 bits per heavy atom. The second kappa shape index (κ2) is 9.48. The molecule has 37 heavy (non-hydrogen) atoms. The van der Waals surface area contributed by atoms with Crippen LogP contribution in [0.25, 0.3) is 11.1 Å². The average Bonchev–Trinajstić information content (AvgIpc) is 3.11. The van der Waals surface area contributed by atoms with Crippen molar-refractivity contribution in [2.75, 3.05) is 11.4 Å². The molecule has 0 radical (unpaired) electrons. The number of nitrogens with zero attached hydrogens (tertiary/aromatic N) is 1. The number of hydrogen-bond donors (Lipinski definition) is 3. The maximum Gasteiger partial charge on any atom is 0.336 e.